The van der Waals surface area contributed by atoms with Gasteiger partial charge in [-0.15, -0.1) is 0 Å². The molecule has 150 valence electrons. The summed E-state index contributed by atoms with van der Waals surface area (Å²) in [5.41, 5.74) is 8.87. The second-order valence-electron chi connectivity index (χ2n) is 8.54. The van der Waals surface area contributed by atoms with Crippen molar-refractivity contribution in [3.8, 4) is 17.2 Å². The Morgan fingerprint density at radius 3 is 1.84 bits per heavy atom. The number of hydrogen-bond acceptors (Lipinski definition) is 1. The summed E-state index contributed by atoms with van der Waals surface area (Å²) in [5, 5.41) is 12.2. The monoisotopic (exact) mass is 407 g/mol. The second-order valence-corrected chi connectivity index (χ2v) is 8.54. The predicted octanol–water partition coefficient (Wildman–Crippen LogP) is 7.38. The van der Waals surface area contributed by atoms with Crippen molar-refractivity contribution in [3.63, 3.8) is 0 Å². The van der Waals surface area contributed by atoms with Gasteiger partial charge in [0.25, 0.3) is 0 Å². The fourth-order valence-corrected chi connectivity index (χ4v) is 5.55. The lowest BCUT2D eigenvalue weighted by Gasteiger charge is -2.34. The van der Waals surface area contributed by atoms with Gasteiger partial charge in [0.1, 0.15) is 0 Å². The third kappa shape index (κ3) is 2.38. The molecule has 0 radical (unpaired) electrons. The van der Waals surface area contributed by atoms with E-state index in [1.54, 1.807) is 0 Å². The average Bonchev–Trinajstić information content (AvgIpc) is 3.14. The Kier molecular flexibility index (Phi) is 4.03. The van der Waals surface area contributed by atoms with E-state index in [9.17, 15) is 5.26 Å². The molecule has 5 aromatic carbocycles. The molecule has 0 N–H and O–H groups in total. The molecule has 5 aromatic rings. The van der Waals surface area contributed by atoms with E-state index in [2.05, 4.69) is 116 Å². The smallest absolute Gasteiger partial charge is 0.0998 e. The van der Waals surface area contributed by atoms with Gasteiger partial charge in [0, 0.05) is 5.39 Å². The molecule has 0 atom stereocenters. The lowest BCUT2D eigenvalue weighted by atomic mass is 9.67. The van der Waals surface area contributed by atoms with E-state index in [4.69, 9.17) is 0 Å². The molecule has 32 heavy (non-hydrogen) atoms. The zero-order valence-corrected chi connectivity index (χ0v) is 17.8. The van der Waals surface area contributed by atoms with Crippen LogP contribution >= 0.6 is 0 Å². The first-order chi connectivity index (χ1) is 15.7. The molecule has 1 aliphatic carbocycles. The van der Waals surface area contributed by atoms with Gasteiger partial charge in [-0.05, 0) is 51.8 Å². The summed E-state index contributed by atoms with van der Waals surface area (Å²) < 4.78 is 0. The number of benzene rings is 5. The Balaban J connectivity index is 1.89. The van der Waals surface area contributed by atoms with Crippen molar-refractivity contribution in [1.29, 1.82) is 5.26 Å². The number of rotatable bonds is 2. The summed E-state index contributed by atoms with van der Waals surface area (Å²) in [6.07, 6.45) is 0. The van der Waals surface area contributed by atoms with Crippen LogP contribution in [0.25, 0.3) is 21.9 Å². The minimum absolute atomic E-state index is 0.477. The predicted molar refractivity (Wildman–Crippen MR) is 131 cm³/mol. The van der Waals surface area contributed by atoms with Gasteiger partial charge >= 0.3 is 0 Å². The van der Waals surface area contributed by atoms with Crippen LogP contribution in [-0.2, 0) is 5.41 Å². The van der Waals surface area contributed by atoms with Crippen molar-refractivity contribution < 1.29 is 0 Å². The van der Waals surface area contributed by atoms with Crippen LogP contribution < -0.4 is 0 Å². The molecule has 1 aliphatic rings. The highest BCUT2D eigenvalue weighted by Gasteiger charge is 2.47. The standard InChI is InChI=1S/C31H21N/c1-21-16-17-27-28(18-21)31(23-10-4-2-5-11-23,24-12-6-3-7-13-24)29-19-22(20-32)25-14-8-9-15-26(25)30(27)29/h2-19H,1H3. The fourth-order valence-electron chi connectivity index (χ4n) is 5.55. The van der Waals surface area contributed by atoms with Gasteiger partial charge in [-0.2, -0.15) is 5.26 Å². The number of fused-ring (bicyclic) bond motifs is 5. The molecule has 0 aliphatic heterocycles. The van der Waals surface area contributed by atoms with Crippen LogP contribution in [0, 0.1) is 18.3 Å². The van der Waals surface area contributed by atoms with E-state index < -0.39 is 5.41 Å². The van der Waals surface area contributed by atoms with Gasteiger partial charge in [0.05, 0.1) is 17.0 Å². The van der Waals surface area contributed by atoms with E-state index >= 15 is 0 Å². The lowest BCUT2D eigenvalue weighted by Crippen LogP contribution is -2.28. The van der Waals surface area contributed by atoms with E-state index in [1.807, 2.05) is 6.07 Å². The summed E-state index contributed by atoms with van der Waals surface area (Å²) in [6, 6.07) is 41.1. The van der Waals surface area contributed by atoms with Gasteiger partial charge in [0.2, 0.25) is 0 Å². The normalized spacial score (nSPS) is 13.4. The Labute approximate surface area is 188 Å². The molecule has 0 spiro atoms. The summed E-state index contributed by atoms with van der Waals surface area (Å²) in [6.45, 7) is 2.16. The second kappa shape index (κ2) is 6.94. The number of aryl methyl sites for hydroxylation is 1. The molecule has 1 heteroatoms. The topological polar surface area (TPSA) is 23.8 Å². The molecule has 0 saturated heterocycles. The van der Waals surface area contributed by atoms with Crippen LogP contribution in [-0.4, -0.2) is 0 Å². The lowest BCUT2D eigenvalue weighted by molar-refractivity contribution is 0.768. The summed E-state index contributed by atoms with van der Waals surface area (Å²) in [4.78, 5) is 0. The minimum atomic E-state index is -0.477. The minimum Gasteiger partial charge on any atom is -0.192 e. The molecular weight excluding hydrogens is 386 g/mol. The Hall–Kier alpha value is -4.15. The first-order valence-electron chi connectivity index (χ1n) is 10.9. The maximum absolute atomic E-state index is 10.1. The largest absolute Gasteiger partial charge is 0.192 e. The fraction of sp³-hybridized carbons (Fsp3) is 0.0645. The molecule has 0 bridgehead atoms. The average molecular weight is 408 g/mol. The molecule has 0 fully saturated rings. The maximum atomic E-state index is 10.1. The Morgan fingerprint density at radius 2 is 1.22 bits per heavy atom. The molecule has 0 aromatic heterocycles. The van der Waals surface area contributed by atoms with E-state index in [0.29, 0.717) is 0 Å². The highest BCUT2D eigenvalue weighted by atomic mass is 14.5. The zero-order valence-electron chi connectivity index (χ0n) is 17.8. The molecule has 0 unspecified atom stereocenters. The third-order valence-electron chi connectivity index (χ3n) is 6.83. The van der Waals surface area contributed by atoms with Crippen LogP contribution in [0.4, 0.5) is 0 Å². The first kappa shape index (κ1) is 18.6. The van der Waals surface area contributed by atoms with Crippen molar-refractivity contribution >= 4 is 10.8 Å². The highest BCUT2D eigenvalue weighted by Crippen LogP contribution is 2.58. The maximum Gasteiger partial charge on any atom is 0.0998 e. The van der Waals surface area contributed by atoms with E-state index in [-0.39, 0.29) is 0 Å². The van der Waals surface area contributed by atoms with Crippen LogP contribution in [0.3, 0.4) is 0 Å². The van der Waals surface area contributed by atoms with Crippen molar-refractivity contribution in [3.05, 3.63) is 143 Å². The summed E-state index contributed by atoms with van der Waals surface area (Å²) in [7, 11) is 0. The van der Waals surface area contributed by atoms with Crippen molar-refractivity contribution in [2.45, 2.75) is 12.3 Å². The molecule has 0 amide bonds. The molecular formula is C31H21N. The summed E-state index contributed by atoms with van der Waals surface area (Å²) >= 11 is 0. The van der Waals surface area contributed by atoms with E-state index in [1.165, 1.54) is 38.9 Å². The van der Waals surface area contributed by atoms with Gasteiger partial charge in [0.15, 0.2) is 0 Å². The first-order valence-corrected chi connectivity index (χ1v) is 10.9. The number of nitrogens with zero attached hydrogens (tertiary/aromatic N) is 1. The van der Waals surface area contributed by atoms with Crippen molar-refractivity contribution in [2.75, 3.05) is 0 Å². The van der Waals surface area contributed by atoms with Crippen LogP contribution in [0.1, 0.15) is 33.4 Å². The van der Waals surface area contributed by atoms with Crippen molar-refractivity contribution in [2.24, 2.45) is 0 Å². The molecule has 0 saturated carbocycles. The Bertz CT molecular complexity index is 1480. The zero-order chi connectivity index (χ0) is 21.7. The van der Waals surface area contributed by atoms with Gasteiger partial charge in [-0.3, -0.25) is 0 Å². The van der Waals surface area contributed by atoms with Crippen LogP contribution in [0.15, 0.2) is 109 Å². The summed E-state index contributed by atoms with van der Waals surface area (Å²) in [5.74, 6) is 0. The quantitative estimate of drug-likeness (QED) is 0.294. The number of nitriles is 1. The third-order valence-corrected chi connectivity index (χ3v) is 6.83. The van der Waals surface area contributed by atoms with Gasteiger partial charge in [-0.1, -0.05) is 109 Å². The van der Waals surface area contributed by atoms with Gasteiger partial charge < -0.3 is 0 Å². The highest BCUT2D eigenvalue weighted by molar-refractivity contribution is 6.06. The molecule has 6 rings (SSSR count). The Morgan fingerprint density at radius 1 is 0.625 bits per heavy atom. The SMILES string of the molecule is Cc1ccc2c(c1)C(c1ccccc1)(c1ccccc1)c1cc(C#N)c3ccccc3c1-2. The van der Waals surface area contributed by atoms with Gasteiger partial charge in [-0.25, -0.2) is 0 Å². The van der Waals surface area contributed by atoms with E-state index in [0.717, 1.165) is 16.3 Å². The van der Waals surface area contributed by atoms with Crippen LogP contribution in [0.5, 0.6) is 0 Å². The van der Waals surface area contributed by atoms with Crippen molar-refractivity contribution in [1.82, 2.24) is 0 Å². The molecule has 0 heterocycles. The number of hydrogen-bond donors (Lipinski definition) is 0. The molecule has 1 nitrogen and oxygen atoms in total. The van der Waals surface area contributed by atoms with Crippen LogP contribution in [0.2, 0.25) is 0 Å².